The molecule has 0 aliphatic heterocycles. The highest BCUT2D eigenvalue weighted by Gasteiger charge is 2.34. The number of Topliss-reactive ketones (excluding diaryl/α,β-unsaturated/α-hetero) is 2. The van der Waals surface area contributed by atoms with Gasteiger partial charge in [0.05, 0.1) is 26.4 Å². The van der Waals surface area contributed by atoms with Crippen molar-refractivity contribution >= 4 is 35.1 Å². The van der Waals surface area contributed by atoms with E-state index < -0.39 is 0 Å². The van der Waals surface area contributed by atoms with Crippen molar-refractivity contribution in [1.82, 2.24) is 0 Å². The Morgan fingerprint density at radius 1 is 0.647 bits per heavy atom. The van der Waals surface area contributed by atoms with Crippen molar-refractivity contribution in [2.45, 2.75) is 114 Å². The van der Waals surface area contributed by atoms with Crippen LogP contribution in [-0.4, -0.2) is 60.0 Å². The van der Waals surface area contributed by atoms with E-state index in [0.29, 0.717) is 35.3 Å². The number of ketones is 2. The fourth-order valence-corrected chi connectivity index (χ4v) is 7.91. The molecule has 0 aromatic heterocycles. The molecule has 0 bridgehead atoms. The van der Waals surface area contributed by atoms with Crippen LogP contribution in [0.2, 0.25) is 0 Å². The van der Waals surface area contributed by atoms with Gasteiger partial charge in [-0.2, -0.15) is 23.5 Å². The van der Waals surface area contributed by atoms with Crippen LogP contribution in [0.15, 0.2) is 0 Å². The highest BCUT2D eigenvalue weighted by Crippen LogP contribution is 2.36. The number of carbonyl (C=O) groups is 2. The van der Waals surface area contributed by atoms with E-state index in [9.17, 15) is 9.59 Å². The zero-order valence-corrected chi connectivity index (χ0v) is 23.5. The second-order valence-electron chi connectivity index (χ2n) is 9.96. The van der Waals surface area contributed by atoms with Gasteiger partial charge in [0.25, 0.3) is 0 Å². The van der Waals surface area contributed by atoms with Crippen LogP contribution in [-0.2, 0) is 19.1 Å². The average Bonchev–Trinajstić information content (AvgIpc) is 3.37. The van der Waals surface area contributed by atoms with Crippen LogP contribution < -0.4 is 0 Å². The summed E-state index contributed by atoms with van der Waals surface area (Å²) in [6.45, 7) is 7.21. The molecule has 0 amide bonds. The van der Waals surface area contributed by atoms with Gasteiger partial charge in [0.1, 0.15) is 11.6 Å². The van der Waals surface area contributed by atoms with Crippen LogP contribution in [0.1, 0.15) is 104 Å². The first-order valence-corrected chi connectivity index (χ1v) is 16.2. The van der Waals surface area contributed by atoms with Gasteiger partial charge < -0.3 is 9.47 Å². The van der Waals surface area contributed by atoms with Crippen LogP contribution in [0.5, 0.6) is 0 Å². The zero-order valence-electron chi connectivity index (χ0n) is 21.9. The molecule has 2 fully saturated rings. The summed E-state index contributed by atoms with van der Waals surface area (Å²) in [5.74, 6) is 3.49. The molecule has 0 N–H and O–H groups in total. The van der Waals surface area contributed by atoms with Crippen LogP contribution in [0, 0.1) is 11.8 Å². The summed E-state index contributed by atoms with van der Waals surface area (Å²) in [4.78, 5) is 24.4. The normalized spacial score (nSPS) is 25.0. The number of hydrogen-bond acceptors (Lipinski definition) is 6. The summed E-state index contributed by atoms with van der Waals surface area (Å²) in [5.41, 5.74) is 0. The first-order valence-electron chi connectivity index (χ1n) is 14.1. The monoisotopic (exact) mass is 514 g/mol. The van der Waals surface area contributed by atoms with E-state index in [1.165, 1.54) is 51.4 Å². The Hall–Kier alpha value is -0.0400. The Labute approximate surface area is 217 Å². The molecule has 0 aromatic carbocycles. The molecule has 0 saturated heterocycles. The van der Waals surface area contributed by atoms with Crippen molar-refractivity contribution in [2.75, 3.05) is 37.9 Å². The van der Waals surface area contributed by atoms with Crippen molar-refractivity contribution in [1.29, 1.82) is 0 Å². The van der Waals surface area contributed by atoms with E-state index in [1.54, 1.807) is 0 Å². The summed E-state index contributed by atoms with van der Waals surface area (Å²) in [6.07, 6.45) is 15.8. The summed E-state index contributed by atoms with van der Waals surface area (Å²) < 4.78 is 11.5. The molecule has 0 aromatic rings. The van der Waals surface area contributed by atoms with Crippen LogP contribution in [0.4, 0.5) is 0 Å². The summed E-state index contributed by atoms with van der Waals surface area (Å²) in [6, 6.07) is 0. The molecule has 4 unspecified atom stereocenters. The molecule has 4 atom stereocenters. The van der Waals surface area contributed by atoms with Gasteiger partial charge in [0, 0.05) is 46.7 Å². The maximum absolute atomic E-state index is 12.2. The molecule has 2 aliphatic carbocycles. The van der Waals surface area contributed by atoms with Crippen molar-refractivity contribution in [3.63, 3.8) is 0 Å². The summed E-state index contributed by atoms with van der Waals surface area (Å²) >= 11 is 3.87. The topological polar surface area (TPSA) is 52.6 Å². The van der Waals surface area contributed by atoms with Gasteiger partial charge >= 0.3 is 0 Å². The Balaban J connectivity index is 1.44. The Morgan fingerprint density at radius 2 is 1.09 bits per heavy atom. The quantitative estimate of drug-likeness (QED) is 0.152. The van der Waals surface area contributed by atoms with Gasteiger partial charge in [0.15, 0.2) is 0 Å². The highest BCUT2D eigenvalue weighted by atomic mass is 32.2. The largest absolute Gasteiger partial charge is 0.378 e. The molecule has 0 radical (unpaired) electrons. The van der Waals surface area contributed by atoms with Crippen LogP contribution in [0.25, 0.3) is 0 Å². The molecule has 2 aliphatic rings. The lowest BCUT2D eigenvalue weighted by Crippen LogP contribution is -2.18. The van der Waals surface area contributed by atoms with Crippen molar-refractivity contribution in [3.8, 4) is 0 Å². The molecule has 4 nitrogen and oxygen atoms in total. The van der Waals surface area contributed by atoms with E-state index in [2.05, 4.69) is 13.8 Å². The third-order valence-electron chi connectivity index (χ3n) is 7.30. The van der Waals surface area contributed by atoms with Crippen molar-refractivity contribution < 1.29 is 19.1 Å². The predicted molar refractivity (Wildman–Crippen MR) is 147 cm³/mol. The Bertz CT molecular complexity index is 509. The SMILES string of the molecule is CCCCCCC1C(=O)CCC1SCCOCCOCCSC1CCC(=O)C1CCCCCC. The van der Waals surface area contributed by atoms with Gasteiger partial charge in [-0.3, -0.25) is 9.59 Å². The molecule has 34 heavy (non-hydrogen) atoms. The fraction of sp³-hybridized carbons (Fsp3) is 0.929. The number of rotatable bonds is 21. The molecular weight excluding hydrogens is 464 g/mol. The predicted octanol–water partition coefficient (Wildman–Crippen LogP) is 7.12. The van der Waals surface area contributed by atoms with Crippen molar-refractivity contribution in [3.05, 3.63) is 0 Å². The molecule has 198 valence electrons. The maximum atomic E-state index is 12.2. The molecule has 0 heterocycles. The van der Waals surface area contributed by atoms with Crippen LogP contribution in [0.3, 0.4) is 0 Å². The number of unbranched alkanes of at least 4 members (excludes halogenated alkanes) is 6. The van der Waals surface area contributed by atoms with Gasteiger partial charge in [-0.25, -0.2) is 0 Å². The van der Waals surface area contributed by atoms with Gasteiger partial charge in [-0.15, -0.1) is 0 Å². The first-order chi connectivity index (χ1) is 16.7. The van der Waals surface area contributed by atoms with Crippen molar-refractivity contribution in [2.24, 2.45) is 11.8 Å². The van der Waals surface area contributed by atoms with E-state index in [4.69, 9.17) is 9.47 Å². The lowest BCUT2D eigenvalue weighted by atomic mass is 9.98. The first kappa shape index (κ1) is 30.2. The summed E-state index contributed by atoms with van der Waals surface area (Å²) in [7, 11) is 0. The third-order valence-corrected chi connectivity index (χ3v) is 10.1. The van der Waals surface area contributed by atoms with E-state index in [-0.39, 0.29) is 11.8 Å². The number of carbonyl (C=O) groups excluding carboxylic acids is 2. The van der Waals surface area contributed by atoms with Gasteiger partial charge in [-0.1, -0.05) is 65.2 Å². The number of hydrogen-bond donors (Lipinski definition) is 0. The minimum atomic E-state index is 0.286. The second kappa shape index (κ2) is 19.1. The minimum Gasteiger partial charge on any atom is -0.378 e. The molecule has 2 saturated carbocycles. The lowest BCUT2D eigenvalue weighted by molar-refractivity contribution is -0.121. The minimum absolute atomic E-state index is 0.286. The number of ether oxygens (including phenoxy) is 2. The smallest absolute Gasteiger partial charge is 0.137 e. The highest BCUT2D eigenvalue weighted by molar-refractivity contribution is 8.00. The zero-order chi connectivity index (χ0) is 24.4. The maximum Gasteiger partial charge on any atom is 0.137 e. The number of thioether (sulfide) groups is 2. The molecular formula is C28H50O4S2. The van der Waals surface area contributed by atoms with E-state index in [1.807, 2.05) is 23.5 Å². The average molecular weight is 515 g/mol. The third kappa shape index (κ3) is 11.8. The van der Waals surface area contributed by atoms with E-state index >= 15 is 0 Å². The molecule has 0 spiro atoms. The van der Waals surface area contributed by atoms with Crippen LogP contribution >= 0.6 is 23.5 Å². The molecule has 2 rings (SSSR count). The molecule has 6 heteroatoms. The van der Waals surface area contributed by atoms with Gasteiger partial charge in [-0.05, 0) is 25.7 Å². The van der Waals surface area contributed by atoms with Gasteiger partial charge in [0.2, 0.25) is 0 Å². The fourth-order valence-electron chi connectivity index (χ4n) is 5.27. The Morgan fingerprint density at radius 3 is 1.50 bits per heavy atom. The lowest BCUT2D eigenvalue weighted by Gasteiger charge is -2.18. The second-order valence-corrected chi connectivity index (χ2v) is 12.7. The standard InChI is InChI=1S/C28H50O4S2/c1-3-5-7-9-11-23-25(29)13-15-27(23)33-21-19-31-17-18-32-20-22-34-28-16-14-26(30)24(28)12-10-8-6-4-2/h23-24,27-28H,3-22H2,1-2H3. The Kier molecular flexibility index (Phi) is 17.0. The summed E-state index contributed by atoms with van der Waals surface area (Å²) in [5, 5.41) is 1.01. The van der Waals surface area contributed by atoms with E-state index in [0.717, 1.165) is 63.2 Å².